The van der Waals surface area contributed by atoms with Crippen molar-refractivity contribution in [1.82, 2.24) is 9.78 Å². The lowest BCUT2D eigenvalue weighted by Crippen LogP contribution is -2.55. The molecule has 0 aromatic carbocycles. The summed E-state index contributed by atoms with van der Waals surface area (Å²) in [6, 6.07) is 3.73. The van der Waals surface area contributed by atoms with E-state index in [1.807, 2.05) is 13.0 Å². The fraction of sp³-hybridized carbons (Fsp3) is 0.808. The number of aliphatic hydroxyl groups is 1. The van der Waals surface area contributed by atoms with Gasteiger partial charge in [-0.1, -0.05) is 13.8 Å². The van der Waals surface area contributed by atoms with E-state index in [1.165, 1.54) is 25.7 Å². The number of rotatable bonds is 3. The third-order valence-electron chi connectivity index (χ3n) is 10.4. The van der Waals surface area contributed by atoms with E-state index < -0.39 is 5.60 Å². The van der Waals surface area contributed by atoms with Crippen molar-refractivity contribution >= 4 is 5.78 Å². The third kappa shape index (κ3) is 3.28. The summed E-state index contributed by atoms with van der Waals surface area (Å²) in [5, 5.41) is 23.9. The van der Waals surface area contributed by atoms with Crippen LogP contribution >= 0.6 is 0 Å². The number of hydrogen-bond acceptors (Lipinski definition) is 4. The van der Waals surface area contributed by atoms with Gasteiger partial charge in [0.2, 0.25) is 0 Å². The number of aromatic nitrogens is 2. The van der Waals surface area contributed by atoms with Gasteiger partial charge in [0.15, 0.2) is 11.5 Å². The molecule has 0 saturated heterocycles. The van der Waals surface area contributed by atoms with Gasteiger partial charge in [0.1, 0.15) is 6.07 Å². The van der Waals surface area contributed by atoms with Crippen molar-refractivity contribution in [2.45, 2.75) is 90.7 Å². The molecular weight excluding hydrogens is 386 g/mol. The van der Waals surface area contributed by atoms with Crippen molar-refractivity contribution in [3.8, 4) is 6.07 Å². The molecule has 0 unspecified atom stereocenters. The van der Waals surface area contributed by atoms with Crippen molar-refractivity contribution in [3.63, 3.8) is 0 Å². The Morgan fingerprint density at radius 2 is 1.90 bits per heavy atom. The van der Waals surface area contributed by atoms with Crippen molar-refractivity contribution in [2.24, 2.45) is 40.4 Å². The Balaban J connectivity index is 1.34. The maximum absolute atomic E-state index is 13.3. The van der Waals surface area contributed by atoms with Crippen molar-refractivity contribution < 1.29 is 9.90 Å². The summed E-state index contributed by atoms with van der Waals surface area (Å²) < 4.78 is 1.64. The minimum atomic E-state index is -0.483. The minimum Gasteiger partial charge on any atom is -0.390 e. The molecule has 8 atom stereocenters. The zero-order valence-electron chi connectivity index (χ0n) is 19.3. The van der Waals surface area contributed by atoms with Gasteiger partial charge in [-0.2, -0.15) is 10.4 Å². The highest BCUT2D eigenvalue weighted by Gasteiger charge is 2.61. The molecule has 0 spiro atoms. The fourth-order valence-electron chi connectivity index (χ4n) is 8.74. The Morgan fingerprint density at radius 1 is 1.13 bits per heavy atom. The SMILES string of the molecule is C[C@@]1(O)CC[C@@]2(C)[C@@H](CC[C@@H]3[C@@H]2CC[C@]2(C)[C@@H](C(=O)Cn4ccc(C#N)n4)CC[C@@H]32)C1. The van der Waals surface area contributed by atoms with E-state index in [0.29, 0.717) is 28.7 Å². The van der Waals surface area contributed by atoms with Gasteiger partial charge in [-0.3, -0.25) is 9.48 Å². The fourth-order valence-corrected chi connectivity index (χ4v) is 8.74. The van der Waals surface area contributed by atoms with Crippen LogP contribution in [-0.4, -0.2) is 26.3 Å². The van der Waals surface area contributed by atoms with Crippen LogP contribution in [0, 0.1) is 51.8 Å². The van der Waals surface area contributed by atoms with Crippen LogP contribution in [0.1, 0.15) is 84.3 Å². The summed E-state index contributed by atoms with van der Waals surface area (Å²) in [7, 11) is 0. The molecule has 1 N–H and O–H groups in total. The third-order valence-corrected chi connectivity index (χ3v) is 10.4. The number of carbonyl (C=O) groups is 1. The maximum atomic E-state index is 13.3. The maximum Gasteiger partial charge on any atom is 0.162 e. The van der Waals surface area contributed by atoms with Crippen molar-refractivity contribution in [3.05, 3.63) is 18.0 Å². The van der Waals surface area contributed by atoms with Gasteiger partial charge in [0, 0.05) is 12.1 Å². The molecule has 4 fully saturated rings. The Bertz CT molecular complexity index is 914. The van der Waals surface area contributed by atoms with E-state index in [9.17, 15) is 9.90 Å². The van der Waals surface area contributed by atoms with E-state index in [4.69, 9.17) is 5.26 Å². The summed E-state index contributed by atoms with van der Waals surface area (Å²) in [5.74, 6) is 3.19. The first kappa shape index (κ1) is 21.2. The molecule has 4 aliphatic carbocycles. The first-order chi connectivity index (χ1) is 14.7. The molecule has 1 aromatic heterocycles. The lowest BCUT2D eigenvalue weighted by Gasteiger charge is -2.61. The molecule has 5 rings (SSSR count). The average molecular weight is 424 g/mol. The van der Waals surface area contributed by atoms with E-state index in [-0.39, 0.29) is 17.9 Å². The molecule has 5 nitrogen and oxygen atoms in total. The monoisotopic (exact) mass is 423 g/mol. The highest BCUT2D eigenvalue weighted by molar-refractivity contribution is 5.82. The van der Waals surface area contributed by atoms with Crippen LogP contribution < -0.4 is 0 Å². The second-order valence-electron chi connectivity index (χ2n) is 12.0. The number of nitrogens with zero attached hydrogens (tertiary/aromatic N) is 3. The summed E-state index contributed by atoms with van der Waals surface area (Å²) >= 11 is 0. The number of Topliss-reactive ketones (excluding diaryl/α,β-unsaturated/α-hetero) is 1. The van der Waals surface area contributed by atoms with Crippen LogP contribution in [-0.2, 0) is 11.3 Å². The van der Waals surface area contributed by atoms with Gasteiger partial charge in [0.25, 0.3) is 0 Å². The smallest absolute Gasteiger partial charge is 0.162 e. The lowest BCUT2D eigenvalue weighted by molar-refractivity contribution is -0.151. The largest absolute Gasteiger partial charge is 0.390 e. The number of nitriles is 1. The number of carbonyl (C=O) groups excluding carboxylic acids is 1. The standard InChI is InChI=1S/C26H37N3O2/c1-24(31)11-12-25(2)17(14-24)4-5-19-20-6-7-22(26(20,3)10-8-21(19)25)23(30)16-29-13-9-18(15-27)28-29/h9,13,17,19-22,31H,4-8,10-12,14,16H2,1-3H3/t17-,19-,20-,21-,22+,24+,25-,26-/m0/s1. The number of ketones is 1. The zero-order valence-corrected chi connectivity index (χ0v) is 19.3. The van der Waals surface area contributed by atoms with E-state index in [2.05, 4.69) is 18.9 Å². The molecule has 4 aliphatic rings. The van der Waals surface area contributed by atoms with Crippen LogP contribution in [0.25, 0.3) is 0 Å². The molecular formula is C26H37N3O2. The summed E-state index contributed by atoms with van der Waals surface area (Å²) in [4.78, 5) is 13.3. The van der Waals surface area contributed by atoms with Gasteiger partial charge >= 0.3 is 0 Å². The molecule has 5 heteroatoms. The molecule has 168 valence electrons. The van der Waals surface area contributed by atoms with Crippen LogP contribution in [0.2, 0.25) is 0 Å². The van der Waals surface area contributed by atoms with Crippen LogP contribution in [0.4, 0.5) is 0 Å². The first-order valence-corrected chi connectivity index (χ1v) is 12.3. The second-order valence-corrected chi connectivity index (χ2v) is 12.0. The quantitative estimate of drug-likeness (QED) is 0.762. The van der Waals surface area contributed by atoms with Gasteiger partial charge < -0.3 is 5.11 Å². The first-order valence-electron chi connectivity index (χ1n) is 12.3. The summed E-state index contributed by atoms with van der Waals surface area (Å²) in [6.07, 6.45) is 11.9. The molecule has 0 radical (unpaired) electrons. The molecule has 1 aromatic rings. The lowest BCUT2D eigenvalue weighted by atomic mass is 9.44. The Hall–Kier alpha value is -1.67. The van der Waals surface area contributed by atoms with Crippen LogP contribution in [0.3, 0.4) is 0 Å². The number of hydrogen-bond donors (Lipinski definition) is 1. The molecule has 0 amide bonds. The molecule has 0 aliphatic heterocycles. The molecule has 4 saturated carbocycles. The van der Waals surface area contributed by atoms with Gasteiger partial charge in [-0.15, -0.1) is 0 Å². The van der Waals surface area contributed by atoms with E-state index in [1.54, 1.807) is 16.9 Å². The Kier molecular flexibility index (Phi) is 4.90. The topological polar surface area (TPSA) is 78.9 Å². The van der Waals surface area contributed by atoms with Crippen LogP contribution in [0.5, 0.6) is 0 Å². The van der Waals surface area contributed by atoms with Gasteiger partial charge in [0.05, 0.1) is 12.1 Å². The highest BCUT2D eigenvalue weighted by Crippen LogP contribution is 2.68. The predicted octanol–water partition coefficient (Wildman–Crippen LogP) is 4.73. The van der Waals surface area contributed by atoms with Gasteiger partial charge in [-0.25, -0.2) is 0 Å². The molecule has 0 bridgehead atoms. The van der Waals surface area contributed by atoms with E-state index in [0.717, 1.165) is 43.9 Å². The Morgan fingerprint density at radius 3 is 2.65 bits per heavy atom. The van der Waals surface area contributed by atoms with E-state index >= 15 is 0 Å². The van der Waals surface area contributed by atoms with Crippen LogP contribution in [0.15, 0.2) is 12.3 Å². The van der Waals surface area contributed by atoms with Crippen molar-refractivity contribution in [2.75, 3.05) is 0 Å². The Labute approximate surface area is 186 Å². The van der Waals surface area contributed by atoms with Gasteiger partial charge in [-0.05, 0) is 105 Å². The second kappa shape index (κ2) is 7.17. The summed E-state index contributed by atoms with van der Waals surface area (Å²) in [6.45, 7) is 7.24. The highest BCUT2D eigenvalue weighted by atomic mass is 16.3. The minimum absolute atomic E-state index is 0.104. The molecule has 31 heavy (non-hydrogen) atoms. The zero-order chi connectivity index (χ0) is 22.0. The average Bonchev–Trinajstić information content (AvgIpc) is 3.31. The summed E-state index contributed by atoms with van der Waals surface area (Å²) in [5.41, 5.74) is 0.355. The predicted molar refractivity (Wildman–Crippen MR) is 118 cm³/mol. The number of fused-ring (bicyclic) bond motifs is 5. The van der Waals surface area contributed by atoms with Crippen molar-refractivity contribution in [1.29, 1.82) is 5.26 Å². The normalized spacial score (nSPS) is 46.5. The molecule has 1 heterocycles.